The van der Waals surface area contributed by atoms with Crippen LogP contribution < -0.4 is 15.0 Å². The van der Waals surface area contributed by atoms with Crippen LogP contribution in [0.25, 0.3) is 0 Å². The molecule has 2 aromatic rings. The number of ether oxygens (including phenoxy) is 1. The van der Waals surface area contributed by atoms with Gasteiger partial charge in [-0.05, 0) is 29.2 Å². The molecule has 0 radical (unpaired) electrons. The first kappa shape index (κ1) is 22.9. The molecule has 0 saturated carbocycles. The minimum absolute atomic E-state index is 0.0685. The van der Waals surface area contributed by atoms with E-state index in [1.54, 1.807) is 29.4 Å². The van der Waals surface area contributed by atoms with Crippen LogP contribution in [-0.2, 0) is 4.79 Å². The number of methoxy groups -OCH3 is 1. The van der Waals surface area contributed by atoms with E-state index in [2.05, 4.69) is 36.1 Å². The quantitative estimate of drug-likeness (QED) is 0.382. The summed E-state index contributed by atoms with van der Waals surface area (Å²) in [5, 5.41) is 14.0. The molecule has 0 saturated heterocycles. The number of benzene rings is 1. The molecular weight excluding hydrogens is 443 g/mol. The Bertz CT molecular complexity index is 1260. The van der Waals surface area contributed by atoms with E-state index < -0.39 is 16.4 Å². The Morgan fingerprint density at radius 1 is 1.32 bits per heavy atom. The summed E-state index contributed by atoms with van der Waals surface area (Å²) >= 11 is 0. The molecule has 0 fully saturated rings. The standard InChI is InChI=1S/C23H23FN6O4/c1-23(2,3)14-12-29(17-6-5-9-28(13-31)21(14)17)20-7-8-25-22(27-20)26-16-11-18(30(32)33)15(24)10-19(16)34-4/h5-11,13H,12H2,1-4H3,(H,25,26,27). The summed E-state index contributed by atoms with van der Waals surface area (Å²) in [4.78, 5) is 34.3. The molecule has 2 aliphatic rings. The van der Waals surface area contributed by atoms with E-state index in [9.17, 15) is 19.3 Å². The summed E-state index contributed by atoms with van der Waals surface area (Å²) in [6, 6.07) is 3.70. The van der Waals surface area contributed by atoms with E-state index in [4.69, 9.17) is 4.74 Å². The van der Waals surface area contributed by atoms with Crippen molar-refractivity contribution < 1.29 is 18.8 Å². The third kappa shape index (κ3) is 4.07. The maximum Gasteiger partial charge on any atom is 0.307 e. The zero-order valence-electron chi connectivity index (χ0n) is 19.1. The second kappa shape index (κ2) is 8.58. The van der Waals surface area contributed by atoms with Gasteiger partial charge in [-0.3, -0.25) is 19.8 Å². The maximum absolute atomic E-state index is 14.0. The number of aromatic nitrogens is 2. The number of anilines is 3. The lowest BCUT2D eigenvalue weighted by molar-refractivity contribution is -0.387. The highest BCUT2D eigenvalue weighted by atomic mass is 19.1. The van der Waals surface area contributed by atoms with E-state index in [1.807, 2.05) is 11.0 Å². The van der Waals surface area contributed by atoms with Crippen molar-refractivity contribution in [2.75, 3.05) is 23.9 Å². The molecule has 0 unspecified atom stereocenters. The predicted molar refractivity (Wildman–Crippen MR) is 124 cm³/mol. The van der Waals surface area contributed by atoms with E-state index in [-0.39, 0.29) is 22.8 Å². The van der Waals surface area contributed by atoms with Crippen LogP contribution in [0, 0.1) is 21.3 Å². The van der Waals surface area contributed by atoms with Crippen LogP contribution in [0.2, 0.25) is 0 Å². The molecule has 0 atom stereocenters. The largest absolute Gasteiger partial charge is 0.494 e. The van der Waals surface area contributed by atoms with Crippen LogP contribution >= 0.6 is 0 Å². The molecule has 2 aliphatic heterocycles. The topological polar surface area (TPSA) is 114 Å². The lowest BCUT2D eigenvalue weighted by atomic mass is 9.85. The van der Waals surface area contributed by atoms with Gasteiger partial charge in [0, 0.05) is 31.1 Å². The van der Waals surface area contributed by atoms with Gasteiger partial charge >= 0.3 is 5.69 Å². The fourth-order valence-electron chi connectivity index (χ4n) is 3.87. The summed E-state index contributed by atoms with van der Waals surface area (Å²) in [6.07, 6.45) is 7.72. The van der Waals surface area contributed by atoms with Crippen LogP contribution in [0.1, 0.15) is 20.8 Å². The Labute approximate surface area is 195 Å². The monoisotopic (exact) mass is 466 g/mol. The fraction of sp³-hybridized carbons (Fsp3) is 0.261. The van der Waals surface area contributed by atoms with Crippen molar-refractivity contribution in [1.29, 1.82) is 0 Å². The number of nitro benzene ring substituents is 1. The summed E-state index contributed by atoms with van der Waals surface area (Å²) < 4.78 is 19.2. The second-order valence-electron chi connectivity index (χ2n) is 8.69. The van der Waals surface area contributed by atoms with E-state index in [0.717, 1.165) is 35.5 Å². The van der Waals surface area contributed by atoms with E-state index >= 15 is 0 Å². The Kier molecular flexibility index (Phi) is 5.78. The average molecular weight is 466 g/mol. The molecule has 4 rings (SSSR count). The Hall–Kier alpha value is -4.28. The minimum Gasteiger partial charge on any atom is -0.494 e. The SMILES string of the molecule is COc1cc(F)c([N+](=O)[O-])cc1Nc1nccc(N2CC(C(C)(C)C)=C3C2=CC=CN3C=O)n1. The minimum atomic E-state index is -1.01. The summed E-state index contributed by atoms with van der Waals surface area (Å²) in [5.41, 5.74) is 1.95. The fourth-order valence-corrected chi connectivity index (χ4v) is 3.87. The average Bonchev–Trinajstić information content (AvgIpc) is 3.20. The first-order valence-electron chi connectivity index (χ1n) is 10.4. The molecule has 0 bridgehead atoms. The summed E-state index contributed by atoms with van der Waals surface area (Å²) in [5.74, 6) is -0.248. The van der Waals surface area contributed by atoms with Gasteiger partial charge in [0.15, 0.2) is 0 Å². The van der Waals surface area contributed by atoms with E-state index in [0.29, 0.717) is 12.4 Å². The van der Waals surface area contributed by atoms with Gasteiger partial charge in [0.25, 0.3) is 0 Å². The summed E-state index contributed by atoms with van der Waals surface area (Å²) in [7, 11) is 1.33. The second-order valence-corrected chi connectivity index (χ2v) is 8.69. The number of carbonyl (C=O) groups excluding carboxylic acids is 1. The first-order valence-corrected chi connectivity index (χ1v) is 10.4. The Morgan fingerprint density at radius 2 is 2.09 bits per heavy atom. The molecular formula is C23H23FN6O4. The van der Waals surface area contributed by atoms with Gasteiger partial charge in [-0.15, -0.1) is 0 Å². The molecule has 0 aliphatic carbocycles. The first-order chi connectivity index (χ1) is 16.1. The van der Waals surface area contributed by atoms with Crippen molar-refractivity contribution in [1.82, 2.24) is 14.9 Å². The van der Waals surface area contributed by atoms with Gasteiger partial charge in [-0.1, -0.05) is 20.8 Å². The number of hydrogen-bond acceptors (Lipinski definition) is 8. The smallest absolute Gasteiger partial charge is 0.307 e. The van der Waals surface area contributed by atoms with Crippen LogP contribution in [0.3, 0.4) is 0 Å². The molecule has 34 heavy (non-hydrogen) atoms. The van der Waals surface area contributed by atoms with Gasteiger partial charge in [-0.25, -0.2) is 4.98 Å². The Morgan fingerprint density at radius 3 is 2.74 bits per heavy atom. The number of halogens is 1. The van der Waals surface area contributed by atoms with Gasteiger partial charge in [0.05, 0.1) is 29.1 Å². The number of nitro groups is 1. The van der Waals surface area contributed by atoms with Crippen molar-refractivity contribution in [3.8, 4) is 5.75 Å². The lowest BCUT2D eigenvalue weighted by Crippen LogP contribution is -2.25. The molecule has 10 nitrogen and oxygen atoms in total. The molecule has 176 valence electrons. The number of carbonyl (C=O) groups is 1. The number of fused-ring (bicyclic) bond motifs is 1. The molecule has 1 amide bonds. The molecule has 11 heteroatoms. The number of nitrogens with zero attached hydrogens (tertiary/aromatic N) is 5. The van der Waals surface area contributed by atoms with Crippen LogP contribution in [0.5, 0.6) is 5.75 Å². The molecule has 3 heterocycles. The van der Waals surface area contributed by atoms with Gasteiger partial charge in [0.1, 0.15) is 11.6 Å². The highest BCUT2D eigenvalue weighted by Crippen LogP contribution is 2.43. The van der Waals surface area contributed by atoms with Crippen molar-refractivity contribution in [3.63, 3.8) is 0 Å². The number of amides is 1. The molecule has 1 aromatic carbocycles. The van der Waals surface area contributed by atoms with E-state index in [1.165, 1.54) is 7.11 Å². The van der Waals surface area contributed by atoms with Gasteiger partial charge < -0.3 is 15.0 Å². The zero-order valence-corrected chi connectivity index (χ0v) is 19.1. The molecule has 1 N–H and O–H groups in total. The van der Waals surface area contributed by atoms with Crippen molar-refractivity contribution in [2.45, 2.75) is 20.8 Å². The number of hydrogen-bond donors (Lipinski definition) is 1. The number of nitrogens with one attached hydrogen (secondary N) is 1. The lowest BCUT2D eigenvalue weighted by Gasteiger charge is -2.26. The third-order valence-electron chi connectivity index (χ3n) is 5.54. The normalized spacial score (nSPS) is 15.3. The number of allylic oxidation sites excluding steroid dienone is 2. The predicted octanol–water partition coefficient (Wildman–Crippen LogP) is 4.27. The van der Waals surface area contributed by atoms with Crippen LogP contribution in [-0.4, -0.2) is 39.9 Å². The zero-order chi connectivity index (χ0) is 24.6. The molecule has 0 spiro atoms. The summed E-state index contributed by atoms with van der Waals surface area (Å²) in [6.45, 7) is 6.76. The van der Waals surface area contributed by atoms with Gasteiger partial charge in [0.2, 0.25) is 18.2 Å². The maximum atomic E-state index is 14.0. The molecule has 1 aromatic heterocycles. The van der Waals surface area contributed by atoms with Crippen molar-refractivity contribution in [2.24, 2.45) is 5.41 Å². The van der Waals surface area contributed by atoms with Crippen LogP contribution in [0.15, 0.2) is 59.7 Å². The van der Waals surface area contributed by atoms with Crippen molar-refractivity contribution >= 4 is 29.6 Å². The third-order valence-corrected chi connectivity index (χ3v) is 5.54. The van der Waals surface area contributed by atoms with Gasteiger partial charge in [-0.2, -0.15) is 9.37 Å². The number of rotatable bonds is 6. The Balaban J connectivity index is 1.70. The highest BCUT2D eigenvalue weighted by Gasteiger charge is 2.37. The van der Waals surface area contributed by atoms with Crippen LogP contribution in [0.4, 0.5) is 27.5 Å². The highest BCUT2D eigenvalue weighted by molar-refractivity contribution is 5.71. The van der Waals surface area contributed by atoms with Crippen molar-refractivity contribution in [3.05, 3.63) is 75.6 Å².